The number of aromatic nitrogens is 3. The van der Waals surface area contributed by atoms with Crippen LogP contribution in [0.2, 0.25) is 0 Å². The molecule has 1 N–H and O–H groups in total. The van der Waals surface area contributed by atoms with Crippen LogP contribution in [0.15, 0.2) is 77.7 Å². The predicted octanol–water partition coefficient (Wildman–Crippen LogP) is 6.19. The molecule has 0 amide bonds. The Hall–Kier alpha value is -3.73. The van der Waals surface area contributed by atoms with Crippen LogP contribution in [-0.4, -0.2) is 14.5 Å². The maximum absolute atomic E-state index is 14.0. The smallest absolute Gasteiger partial charge is 0.266 e. The van der Waals surface area contributed by atoms with Gasteiger partial charge < -0.3 is 4.98 Å². The molecule has 1 unspecified atom stereocenters. The molecule has 5 heteroatoms. The Bertz CT molecular complexity index is 1460. The molecule has 0 saturated carbocycles. The molecule has 0 spiro atoms. The van der Waals surface area contributed by atoms with Crippen LogP contribution in [0.5, 0.6) is 0 Å². The summed E-state index contributed by atoms with van der Waals surface area (Å²) in [4.78, 5) is 21.6. The van der Waals surface area contributed by atoms with E-state index < -0.39 is 0 Å². The minimum absolute atomic E-state index is 0.150. The number of nitrogens with zero attached hydrogens (tertiary/aromatic N) is 2. The molecule has 0 saturated heterocycles. The zero-order valence-electron chi connectivity index (χ0n) is 17.4. The van der Waals surface area contributed by atoms with Crippen LogP contribution in [0.25, 0.3) is 38.9 Å². The van der Waals surface area contributed by atoms with Crippen molar-refractivity contribution in [3.63, 3.8) is 0 Å². The Labute approximate surface area is 179 Å². The molecule has 5 rings (SSSR count). The lowest BCUT2D eigenvalue weighted by atomic mass is 9.98. The van der Waals surface area contributed by atoms with Crippen molar-refractivity contribution in [2.75, 3.05) is 0 Å². The summed E-state index contributed by atoms with van der Waals surface area (Å²) in [5.74, 6) is 0.592. The van der Waals surface area contributed by atoms with E-state index in [0.717, 1.165) is 17.6 Å². The standard InChI is InChI=1S/C26H22FN3O/c1-3-16(2)17-8-11-19(12-9-17)30-25(29-24-7-5-4-6-20(24)26(30)31)22-15-28-23-13-10-18(27)14-21(22)23/h4-16,28H,3H2,1-2H3. The van der Waals surface area contributed by atoms with E-state index in [0.29, 0.717) is 33.6 Å². The third-order valence-electron chi connectivity index (χ3n) is 5.99. The van der Waals surface area contributed by atoms with E-state index >= 15 is 0 Å². The number of para-hydroxylation sites is 1. The molecule has 0 aliphatic carbocycles. The van der Waals surface area contributed by atoms with E-state index in [4.69, 9.17) is 4.98 Å². The van der Waals surface area contributed by atoms with Crippen molar-refractivity contribution in [2.24, 2.45) is 0 Å². The van der Waals surface area contributed by atoms with Crippen LogP contribution in [0.3, 0.4) is 0 Å². The fourth-order valence-electron chi connectivity index (χ4n) is 4.02. The molecular formula is C26H22FN3O. The van der Waals surface area contributed by atoms with Gasteiger partial charge in [-0.3, -0.25) is 9.36 Å². The van der Waals surface area contributed by atoms with E-state index in [1.54, 1.807) is 22.9 Å². The lowest BCUT2D eigenvalue weighted by Gasteiger charge is -2.15. The highest BCUT2D eigenvalue weighted by atomic mass is 19.1. The van der Waals surface area contributed by atoms with E-state index in [2.05, 4.69) is 31.0 Å². The topological polar surface area (TPSA) is 50.7 Å². The minimum atomic E-state index is -0.332. The van der Waals surface area contributed by atoms with Gasteiger partial charge in [0.05, 0.1) is 16.6 Å². The van der Waals surface area contributed by atoms with Crippen LogP contribution < -0.4 is 5.56 Å². The molecule has 0 aliphatic heterocycles. The normalized spacial score (nSPS) is 12.5. The highest BCUT2D eigenvalue weighted by Gasteiger charge is 2.18. The average Bonchev–Trinajstić information content (AvgIpc) is 3.21. The third kappa shape index (κ3) is 3.22. The van der Waals surface area contributed by atoms with E-state index in [9.17, 15) is 9.18 Å². The molecule has 5 aromatic rings. The average molecular weight is 411 g/mol. The van der Waals surface area contributed by atoms with Crippen molar-refractivity contribution >= 4 is 21.8 Å². The fraction of sp³-hybridized carbons (Fsp3) is 0.154. The number of rotatable bonds is 4. The van der Waals surface area contributed by atoms with E-state index in [-0.39, 0.29) is 11.4 Å². The summed E-state index contributed by atoms with van der Waals surface area (Å²) >= 11 is 0. The van der Waals surface area contributed by atoms with Crippen molar-refractivity contribution in [1.82, 2.24) is 14.5 Å². The SMILES string of the molecule is CCC(C)c1ccc(-n2c(-c3c[nH]c4ccc(F)cc34)nc3ccccc3c2=O)cc1. The third-order valence-corrected chi connectivity index (χ3v) is 5.99. The van der Waals surface area contributed by atoms with E-state index in [1.807, 2.05) is 30.3 Å². The minimum Gasteiger partial charge on any atom is -0.360 e. The molecule has 4 nitrogen and oxygen atoms in total. The quantitative estimate of drug-likeness (QED) is 0.383. The lowest BCUT2D eigenvalue weighted by molar-refractivity contribution is 0.630. The van der Waals surface area contributed by atoms with Crippen LogP contribution >= 0.6 is 0 Å². The highest BCUT2D eigenvalue weighted by molar-refractivity contribution is 5.95. The molecule has 1 atom stereocenters. The number of benzene rings is 3. The number of halogens is 1. The van der Waals surface area contributed by atoms with Gasteiger partial charge in [0.25, 0.3) is 5.56 Å². The van der Waals surface area contributed by atoms with Gasteiger partial charge >= 0.3 is 0 Å². The van der Waals surface area contributed by atoms with Crippen molar-refractivity contribution < 1.29 is 4.39 Å². The first-order chi connectivity index (χ1) is 15.1. The Kier molecular flexibility index (Phi) is 4.66. The Balaban J connectivity index is 1.82. The van der Waals surface area contributed by atoms with Gasteiger partial charge in [-0.2, -0.15) is 0 Å². The zero-order valence-corrected chi connectivity index (χ0v) is 17.4. The number of fused-ring (bicyclic) bond motifs is 2. The number of hydrogen-bond donors (Lipinski definition) is 1. The number of H-pyrrole nitrogens is 1. The van der Waals surface area contributed by atoms with Gasteiger partial charge in [0.1, 0.15) is 11.6 Å². The predicted molar refractivity (Wildman–Crippen MR) is 123 cm³/mol. The largest absolute Gasteiger partial charge is 0.360 e. The summed E-state index contributed by atoms with van der Waals surface area (Å²) in [5.41, 5.74) is 3.89. The lowest BCUT2D eigenvalue weighted by Crippen LogP contribution is -2.22. The van der Waals surface area contributed by atoms with Crippen LogP contribution in [0.1, 0.15) is 31.7 Å². The van der Waals surface area contributed by atoms with E-state index in [1.165, 1.54) is 17.7 Å². The molecule has 0 aliphatic rings. The molecule has 3 aromatic carbocycles. The fourth-order valence-corrected chi connectivity index (χ4v) is 4.02. The first-order valence-electron chi connectivity index (χ1n) is 10.5. The first-order valence-corrected chi connectivity index (χ1v) is 10.5. The van der Waals surface area contributed by atoms with Gasteiger partial charge in [-0.05, 0) is 60.4 Å². The number of nitrogens with one attached hydrogen (secondary N) is 1. The van der Waals surface area contributed by atoms with Gasteiger partial charge in [0.15, 0.2) is 0 Å². The van der Waals surface area contributed by atoms with Crippen molar-refractivity contribution in [3.05, 3.63) is 94.7 Å². The summed E-state index contributed by atoms with van der Waals surface area (Å²) in [5, 5.41) is 1.23. The Morgan fingerprint density at radius 1 is 1.03 bits per heavy atom. The van der Waals surface area contributed by atoms with Gasteiger partial charge in [0, 0.05) is 22.7 Å². The van der Waals surface area contributed by atoms with Crippen molar-refractivity contribution in [3.8, 4) is 17.1 Å². The van der Waals surface area contributed by atoms with Crippen LogP contribution in [0, 0.1) is 5.82 Å². The Morgan fingerprint density at radius 2 is 1.81 bits per heavy atom. The van der Waals surface area contributed by atoms with Crippen molar-refractivity contribution in [2.45, 2.75) is 26.2 Å². The molecule has 0 radical (unpaired) electrons. The second kappa shape index (κ2) is 7.51. The van der Waals surface area contributed by atoms with Gasteiger partial charge in [-0.1, -0.05) is 38.1 Å². The Morgan fingerprint density at radius 3 is 2.58 bits per heavy atom. The summed E-state index contributed by atoms with van der Waals surface area (Å²) < 4.78 is 15.6. The van der Waals surface area contributed by atoms with Crippen LogP contribution in [0.4, 0.5) is 4.39 Å². The van der Waals surface area contributed by atoms with Crippen LogP contribution in [-0.2, 0) is 0 Å². The molecule has 2 aromatic heterocycles. The van der Waals surface area contributed by atoms with Gasteiger partial charge in [0.2, 0.25) is 0 Å². The second-order valence-electron chi connectivity index (χ2n) is 7.89. The molecule has 0 bridgehead atoms. The van der Waals surface area contributed by atoms with Gasteiger partial charge in [-0.15, -0.1) is 0 Å². The molecule has 154 valence electrons. The maximum atomic E-state index is 14.0. The summed E-state index contributed by atoms with van der Waals surface area (Å²) in [6.07, 6.45) is 2.83. The molecular weight excluding hydrogens is 389 g/mol. The number of hydrogen-bond acceptors (Lipinski definition) is 2. The monoisotopic (exact) mass is 411 g/mol. The van der Waals surface area contributed by atoms with Gasteiger partial charge in [-0.25, -0.2) is 9.37 Å². The molecule has 31 heavy (non-hydrogen) atoms. The highest BCUT2D eigenvalue weighted by Crippen LogP contribution is 2.30. The molecule has 0 fully saturated rings. The summed E-state index contributed by atoms with van der Waals surface area (Å²) in [7, 11) is 0. The summed E-state index contributed by atoms with van der Waals surface area (Å²) in [6, 6.07) is 19.9. The first kappa shape index (κ1) is 19.2. The molecule has 2 heterocycles. The summed E-state index contributed by atoms with van der Waals surface area (Å²) in [6.45, 7) is 4.34. The van der Waals surface area contributed by atoms with Crippen molar-refractivity contribution in [1.29, 1.82) is 0 Å². The zero-order chi connectivity index (χ0) is 21.5. The maximum Gasteiger partial charge on any atom is 0.266 e. The number of aromatic amines is 1. The second-order valence-corrected chi connectivity index (χ2v) is 7.89.